The van der Waals surface area contributed by atoms with Gasteiger partial charge in [0.05, 0.1) is 18.1 Å². The molecule has 0 saturated carbocycles. The van der Waals surface area contributed by atoms with E-state index in [1.807, 2.05) is 0 Å². The Morgan fingerprint density at radius 2 is 2.00 bits per heavy atom. The number of hydrogen-bond donors (Lipinski definition) is 0. The van der Waals surface area contributed by atoms with E-state index in [2.05, 4.69) is 40.6 Å². The third-order valence-electron chi connectivity index (χ3n) is 3.43. The molecule has 0 radical (unpaired) electrons. The molecular formula is C14H16ClNOS. The summed E-state index contributed by atoms with van der Waals surface area (Å²) in [5.41, 5.74) is 2.47. The number of para-hydroxylation sites is 1. The van der Waals surface area contributed by atoms with Crippen molar-refractivity contribution in [1.29, 1.82) is 0 Å². The van der Waals surface area contributed by atoms with Gasteiger partial charge >= 0.3 is 0 Å². The number of anilines is 1. The molecule has 1 fully saturated rings. The van der Waals surface area contributed by atoms with Crippen molar-refractivity contribution in [3.05, 3.63) is 41.3 Å². The lowest BCUT2D eigenvalue weighted by Gasteiger charge is -2.33. The molecule has 0 amide bonds. The average molecular weight is 282 g/mol. The predicted molar refractivity (Wildman–Crippen MR) is 78.6 cm³/mol. The smallest absolute Gasteiger partial charge is 0.0996 e. The first-order valence-electron chi connectivity index (χ1n) is 6.20. The van der Waals surface area contributed by atoms with Crippen molar-refractivity contribution in [2.45, 2.75) is 4.87 Å². The van der Waals surface area contributed by atoms with Crippen molar-refractivity contribution in [1.82, 2.24) is 0 Å². The molecule has 1 atom stereocenters. The normalized spacial score (nSPS) is 27.7. The second-order valence-electron chi connectivity index (χ2n) is 4.59. The van der Waals surface area contributed by atoms with Crippen LogP contribution in [0.25, 0.3) is 0 Å². The summed E-state index contributed by atoms with van der Waals surface area (Å²) in [5, 5.41) is 2.10. The minimum Gasteiger partial charge on any atom is -0.378 e. The van der Waals surface area contributed by atoms with Gasteiger partial charge in [0.25, 0.3) is 0 Å². The number of hydrogen-bond acceptors (Lipinski definition) is 3. The Bertz CT molecular complexity index is 459. The van der Waals surface area contributed by atoms with E-state index in [0.717, 1.165) is 32.1 Å². The first-order valence-corrected chi connectivity index (χ1v) is 7.63. The van der Waals surface area contributed by atoms with Gasteiger partial charge in [-0.1, -0.05) is 24.3 Å². The molecule has 4 heteroatoms. The monoisotopic (exact) mass is 281 g/mol. The SMILES string of the molecule is ClC1(c2ccccc2N2CCOCC2)C=CSC1. The van der Waals surface area contributed by atoms with E-state index in [1.165, 1.54) is 11.3 Å². The lowest BCUT2D eigenvalue weighted by molar-refractivity contribution is 0.122. The molecular weight excluding hydrogens is 266 g/mol. The van der Waals surface area contributed by atoms with Gasteiger partial charge in [-0.15, -0.1) is 23.4 Å². The van der Waals surface area contributed by atoms with E-state index in [-0.39, 0.29) is 4.87 Å². The molecule has 0 N–H and O–H groups in total. The molecule has 1 aromatic rings. The second kappa shape index (κ2) is 5.16. The van der Waals surface area contributed by atoms with E-state index in [9.17, 15) is 0 Å². The maximum absolute atomic E-state index is 6.75. The summed E-state index contributed by atoms with van der Waals surface area (Å²) in [4.78, 5) is 2.03. The van der Waals surface area contributed by atoms with Crippen LogP contribution in [-0.2, 0) is 9.61 Å². The highest BCUT2D eigenvalue weighted by atomic mass is 35.5. The van der Waals surface area contributed by atoms with Gasteiger partial charge < -0.3 is 9.64 Å². The van der Waals surface area contributed by atoms with Crippen molar-refractivity contribution >= 4 is 29.1 Å². The van der Waals surface area contributed by atoms with Gasteiger partial charge in [0.1, 0.15) is 0 Å². The number of benzene rings is 1. The van der Waals surface area contributed by atoms with Crippen LogP contribution in [0.1, 0.15) is 5.56 Å². The van der Waals surface area contributed by atoms with Crippen LogP contribution in [0.3, 0.4) is 0 Å². The summed E-state index contributed by atoms with van der Waals surface area (Å²) in [6.07, 6.45) is 2.11. The van der Waals surface area contributed by atoms with Crippen LogP contribution in [0.4, 0.5) is 5.69 Å². The first-order chi connectivity index (χ1) is 8.80. The van der Waals surface area contributed by atoms with Gasteiger partial charge in [-0.3, -0.25) is 0 Å². The van der Waals surface area contributed by atoms with Crippen LogP contribution in [0.15, 0.2) is 35.7 Å². The quantitative estimate of drug-likeness (QED) is 0.773. The van der Waals surface area contributed by atoms with E-state index in [4.69, 9.17) is 16.3 Å². The van der Waals surface area contributed by atoms with Gasteiger partial charge in [0, 0.05) is 30.1 Å². The Kier molecular flexibility index (Phi) is 3.55. The highest BCUT2D eigenvalue weighted by molar-refractivity contribution is 8.02. The minimum atomic E-state index is -0.348. The van der Waals surface area contributed by atoms with Gasteiger partial charge in [0.15, 0.2) is 0 Å². The first kappa shape index (κ1) is 12.4. The lowest BCUT2D eigenvalue weighted by Crippen LogP contribution is -2.37. The van der Waals surface area contributed by atoms with E-state index < -0.39 is 0 Å². The zero-order valence-electron chi connectivity index (χ0n) is 10.1. The standard InChI is InChI=1S/C14H16ClNOS/c15-14(5-10-18-11-14)12-3-1-2-4-13(12)16-6-8-17-9-7-16/h1-5,10H,6-9,11H2. The van der Waals surface area contributed by atoms with Crippen LogP contribution in [0.5, 0.6) is 0 Å². The number of allylic oxidation sites excluding steroid dienone is 1. The molecule has 2 nitrogen and oxygen atoms in total. The molecule has 1 aromatic carbocycles. The number of ether oxygens (including phenoxy) is 1. The summed E-state index contributed by atoms with van der Waals surface area (Å²) < 4.78 is 5.42. The predicted octanol–water partition coefficient (Wildman–Crippen LogP) is 3.22. The highest BCUT2D eigenvalue weighted by Crippen LogP contribution is 2.44. The number of rotatable bonds is 2. The Hall–Kier alpha value is -0.640. The summed E-state index contributed by atoms with van der Waals surface area (Å²) >= 11 is 8.53. The molecule has 2 heterocycles. The highest BCUT2D eigenvalue weighted by Gasteiger charge is 2.33. The zero-order valence-corrected chi connectivity index (χ0v) is 11.7. The van der Waals surface area contributed by atoms with E-state index in [0.29, 0.717) is 0 Å². The van der Waals surface area contributed by atoms with Crippen LogP contribution < -0.4 is 4.90 Å². The molecule has 0 aliphatic carbocycles. The molecule has 18 heavy (non-hydrogen) atoms. The maximum Gasteiger partial charge on any atom is 0.0996 e. The lowest BCUT2D eigenvalue weighted by atomic mass is 9.97. The summed E-state index contributed by atoms with van der Waals surface area (Å²) in [6, 6.07) is 8.47. The Balaban J connectivity index is 1.96. The number of thioether (sulfide) groups is 1. The maximum atomic E-state index is 6.75. The number of nitrogens with zero attached hydrogens (tertiary/aromatic N) is 1. The van der Waals surface area contributed by atoms with Crippen molar-refractivity contribution in [3.63, 3.8) is 0 Å². The number of morpholine rings is 1. The summed E-state index contributed by atoms with van der Waals surface area (Å²) in [7, 11) is 0. The zero-order chi connectivity index (χ0) is 12.4. The van der Waals surface area contributed by atoms with Gasteiger partial charge in [-0.25, -0.2) is 0 Å². The van der Waals surface area contributed by atoms with Crippen LogP contribution in [0.2, 0.25) is 0 Å². The molecule has 96 valence electrons. The minimum absolute atomic E-state index is 0.348. The summed E-state index contributed by atoms with van der Waals surface area (Å²) in [6.45, 7) is 3.49. The fraction of sp³-hybridized carbons (Fsp3) is 0.429. The van der Waals surface area contributed by atoms with Crippen molar-refractivity contribution < 1.29 is 4.74 Å². The van der Waals surface area contributed by atoms with E-state index in [1.54, 1.807) is 11.8 Å². The van der Waals surface area contributed by atoms with Crippen molar-refractivity contribution in [2.24, 2.45) is 0 Å². The molecule has 3 rings (SSSR count). The molecule has 1 saturated heterocycles. The molecule has 0 aromatic heterocycles. The van der Waals surface area contributed by atoms with Crippen LogP contribution >= 0.6 is 23.4 Å². The number of halogens is 1. The second-order valence-corrected chi connectivity index (χ2v) is 6.16. The van der Waals surface area contributed by atoms with Crippen molar-refractivity contribution in [3.8, 4) is 0 Å². The largest absolute Gasteiger partial charge is 0.378 e. The van der Waals surface area contributed by atoms with Gasteiger partial charge in [-0.2, -0.15) is 0 Å². The Morgan fingerprint density at radius 3 is 2.72 bits per heavy atom. The van der Waals surface area contributed by atoms with Crippen molar-refractivity contribution in [2.75, 3.05) is 37.0 Å². The Morgan fingerprint density at radius 1 is 1.22 bits per heavy atom. The summed E-state index contributed by atoms with van der Waals surface area (Å²) in [5.74, 6) is 0.913. The molecule has 2 aliphatic rings. The third-order valence-corrected chi connectivity index (χ3v) is 5.00. The fourth-order valence-electron chi connectivity index (χ4n) is 2.45. The Labute approximate surface area is 117 Å². The molecule has 2 aliphatic heterocycles. The van der Waals surface area contributed by atoms with E-state index >= 15 is 0 Å². The van der Waals surface area contributed by atoms with Crippen LogP contribution in [-0.4, -0.2) is 32.1 Å². The third kappa shape index (κ3) is 2.27. The topological polar surface area (TPSA) is 12.5 Å². The fourth-order valence-corrected chi connectivity index (χ4v) is 3.85. The van der Waals surface area contributed by atoms with Crippen LogP contribution in [0, 0.1) is 0 Å². The number of alkyl halides is 1. The molecule has 0 spiro atoms. The van der Waals surface area contributed by atoms with Gasteiger partial charge in [0.2, 0.25) is 0 Å². The molecule has 1 unspecified atom stereocenters. The molecule has 0 bridgehead atoms. The van der Waals surface area contributed by atoms with Gasteiger partial charge in [-0.05, 0) is 11.5 Å². The average Bonchev–Trinajstić information content (AvgIpc) is 2.88.